The number of carbonyl (C=O) groups excluding carboxylic acids is 1. The van der Waals surface area contributed by atoms with Crippen LogP contribution < -0.4 is 5.73 Å². The van der Waals surface area contributed by atoms with Gasteiger partial charge in [-0.3, -0.25) is 9.69 Å². The van der Waals surface area contributed by atoms with Crippen molar-refractivity contribution in [3.05, 3.63) is 22.9 Å². The van der Waals surface area contributed by atoms with Crippen LogP contribution in [0.4, 0.5) is 0 Å². The van der Waals surface area contributed by atoms with Crippen molar-refractivity contribution in [2.45, 2.75) is 19.3 Å². The quantitative estimate of drug-likeness (QED) is 0.739. The van der Waals surface area contributed by atoms with E-state index in [0.29, 0.717) is 17.8 Å². The number of rotatable bonds is 2. The molecule has 84 valence electrons. The first-order valence-corrected chi connectivity index (χ1v) is 5.55. The summed E-state index contributed by atoms with van der Waals surface area (Å²) in [7, 11) is 0. The zero-order valence-corrected chi connectivity index (χ0v) is 9.20. The molecular formula is C12H15N3O. The second-order valence-corrected chi connectivity index (χ2v) is 4.30. The van der Waals surface area contributed by atoms with E-state index in [4.69, 9.17) is 11.0 Å². The highest BCUT2D eigenvalue weighted by Gasteiger charge is 2.22. The second-order valence-electron chi connectivity index (χ2n) is 4.30. The summed E-state index contributed by atoms with van der Waals surface area (Å²) in [4.78, 5) is 13.6. The third-order valence-electron chi connectivity index (χ3n) is 3.08. The lowest BCUT2D eigenvalue weighted by molar-refractivity contribution is -0.114. The highest BCUT2D eigenvalue weighted by Crippen LogP contribution is 2.22. The Kier molecular flexibility index (Phi) is 3.07. The summed E-state index contributed by atoms with van der Waals surface area (Å²) in [6.07, 6.45) is 4.09. The van der Waals surface area contributed by atoms with Gasteiger partial charge in [0, 0.05) is 17.8 Å². The molecule has 1 heterocycles. The summed E-state index contributed by atoms with van der Waals surface area (Å²) in [5.74, 6) is -0.0702. The lowest BCUT2D eigenvalue weighted by Crippen LogP contribution is -2.26. The minimum absolute atomic E-state index is 0.0702. The Labute approximate surface area is 95.0 Å². The normalized spacial score (nSPS) is 22.2. The number of nitrogens with zero attached hydrogens (tertiary/aromatic N) is 2. The maximum atomic E-state index is 11.3. The highest BCUT2D eigenvalue weighted by molar-refractivity contribution is 5.95. The van der Waals surface area contributed by atoms with E-state index in [9.17, 15) is 4.79 Å². The van der Waals surface area contributed by atoms with E-state index in [-0.39, 0.29) is 12.2 Å². The molecule has 4 heteroatoms. The van der Waals surface area contributed by atoms with Crippen LogP contribution in [0.5, 0.6) is 0 Å². The highest BCUT2D eigenvalue weighted by atomic mass is 16.1. The third-order valence-corrected chi connectivity index (χ3v) is 3.08. The molecule has 1 aliphatic carbocycles. The molecule has 2 N–H and O–H groups in total. The zero-order chi connectivity index (χ0) is 11.5. The largest absolute Gasteiger partial charge is 0.401 e. The van der Waals surface area contributed by atoms with Crippen molar-refractivity contribution in [1.29, 1.82) is 5.26 Å². The van der Waals surface area contributed by atoms with Gasteiger partial charge in [-0.25, -0.2) is 0 Å². The van der Waals surface area contributed by atoms with Gasteiger partial charge in [0.25, 0.3) is 0 Å². The molecule has 0 aromatic rings. The first-order chi connectivity index (χ1) is 7.70. The molecule has 0 atom stereocenters. The summed E-state index contributed by atoms with van der Waals surface area (Å²) in [5, 5.41) is 8.99. The molecule has 0 bridgehead atoms. The molecule has 0 unspecified atom stereocenters. The fourth-order valence-corrected chi connectivity index (χ4v) is 2.22. The van der Waals surface area contributed by atoms with E-state index in [0.717, 1.165) is 18.7 Å². The van der Waals surface area contributed by atoms with Gasteiger partial charge in [-0.05, 0) is 32.0 Å². The first-order valence-electron chi connectivity index (χ1n) is 5.55. The lowest BCUT2D eigenvalue weighted by atomic mass is 9.95. The molecule has 0 amide bonds. The summed E-state index contributed by atoms with van der Waals surface area (Å²) in [5.41, 5.74) is 7.72. The van der Waals surface area contributed by atoms with E-state index in [1.165, 1.54) is 18.9 Å². The van der Waals surface area contributed by atoms with Crippen LogP contribution in [0.15, 0.2) is 22.9 Å². The fraction of sp³-hybridized carbons (Fsp3) is 0.500. The minimum Gasteiger partial charge on any atom is -0.401 e. The zero-order valence-electron chi connectivity index (χ0n) is 9.20. The number of likely N-dealkylation sites (tertiary alicyclic amines) is 1. The van der Waals surface area contributed by atoms with Gasteiger partial charge >= 0.3 is 0 Å². The van der Waals surface area contributed by atoms with Crippen molar-refractivity contribution in [2.75, 3.05) is 19.6 Å². The van der Waals surface area contributed by atoms with Crippen molar-refractivity contribution in [3.63, 3.8) is 0 Å². The standard InChI is InChI=1S/C12H15N3O/c13-7-9-5-10(16)6-12(14)11(9)8-15-3-1-2-4-15/h5H,1-4,6,8,14H2. The smallest absolute Gasteiger partial charge is 0.162 e. The Morgan fingerprint density at radius 2 is 2.12 bits per heavy atom. The predicted octanol–water partition coefficient (Wildman–Crippen LogP) is 0.718. The first kappa shape index (κ1) is 10.9. The van der Waals surface area contributed by atoms with Crippen LogP contribution in [0.3, 0.4) is 0 Å². The van der Waals surface area contributed by atoms with Crippen LogP contribution in [0.25, 0.3) is 0 Å². The topological polar surface area (TPSA) is 70.1 Å². The van der Waals surface area contributed by atoms with Crippen molar-refractivity contribution < 1.29 is 4.79 Å². The summed E-state index contributed by atoms with van der Waals surface area (Å²) in [6.45, 7) is 2.82. The van der Waals surface area contributed by atoms with E-state index in [2.05, 4.69) is 11.0 Å². The minimum atomic E-state index is -0.0702. The Balaban J connectivity index is 2.17. The Hall–Kier alpha value is -1.60. The average Bonchev–Trinajstić information content (AvgIpc) is 2.74. The molecule has 0 radical (unpaired) electrons. The van der Waals surface area contributed by atoms with Crippen LogP contribution >= 0.6 is 0 Å². The Morgan fingerprint density at radius 3 is 2.75 bits per heavy atom. The monoisotopic (exact) mass is 217 g/mol. The number of carbonyl (C=O) groups is 1. The van der Waals surface area contributed by atoms with Crippen LogP contribution in [0.1, 0.15) is 19.3 Å². The van der Waals surface area contributed by atoms with E-state index < -0.39 is 0 Å². The van der Waals surface area contributed by atoms with Gasteiger partial charge < -0.3 is 5.73 Å². The molecular weight excluding hydrogens is 202 g/mol. The number of nitrogens with two attached hydrogens (primary N) is 1. The molecule has 1 saturated heterocycles. The van der Waals surface area contributed by atoms with Crippen LogP contribution in [-0.2, 0) is 4.79 Å². The van der Waals surface area contributed by atoms with Gasteiger partial charge in [-0.15, -0.1) is 0 Å². The van der Waals surface area contributed by atoms with Gasteiger partial charge in [0.1, 0.15) is 0 Å². The van der Waals surface area contributed by atoms with E-state index in [1.54, 1.807) is 0 Å². The van der Waals surface area contributed by atoms with Gasteiger partial charge in [0.15, 0.2) is 5.78 Å². The molecule has 2 rings (SSSR count). The van der Waals surface area contributed by atoms with Crippen molar-refractivity contribution >= 4 is 5.78 Å². The van der Waals surface area contributed by atoms with E-state index in [1.807, 2.05) is 0 Å². The third kappa shape index (κ3) is 2.15. The SMILES string of the molecule is N#CC1=CC(=O)CC(N)=C1CN1CCCC1. The molecule has 1 aliphatic heterocycles. The Bertz CT molecular complexity index is 408. The number of allylic oxidation sites excluding steroid dienone is 2. The van der Waals surface area contributed by atoms with Gasteiger partial charge in [0.05, 0.1) is 18.1 Å². The summed E-state index contributed by atoms with van der Waals surface area (Å²) >= 11 is 0. The predicted molar refractivity (Wildman–Crippen MR) is 60.2 cm³/mol. The number of ketones is 1. The second kappa shape index (κ2) is 4.50. The number of hydrogen-bond acceptors (Lipinski definition) is 4. The average molecular weight is 217 g/mol. The Morgan fingerprint density at radius 1 is 1.44 bits per heavy atom. The number of hydrogen-bond donors (Lipinski definition) is 1. The molecule has 0 saturated carbocycles. The van der Waals surface area contributed by atoms with Gasteiger partial charge in [-0.1, -0.05) is 0 Å². The maximum Gasteiger partial charge on any atom is 0.162 e. The fourth-order valence-electron chi connectivity index (χ4n) is 2.22. The van der Waals surface area contributed by atoms with Crippen molar-refractivity contribution in [3.8, 4) is 6.07 Å². The lowest BCUT2D eigenvalue weighted by Gasteiger charge is -2.20. The maximum absolute atomic E-state index is 11.3. The van der Waals surface area contributed by atoms with E-state index >= 15 is 0 Å². The molecule has 0 spiro atoms. The van der Waals surface area contributed by atoms with Crippen LogP contribution in [0.2, 0.25) is 0 Å². The molecule has 16 heavy (non-hydrogen) atoms. The van der Waals surface area contributed by atoms with Crippen molar-refractivity contribution in [2.24, 2.45) is 5.73 Å². The van der Waals surface area contributed by atoms with Crippen molar-refractivity contribution in [1.82, 2.24) is 4.90 Å². The molecule has 2 aliphatic rings. The van der Waals surface area contributed by atoms with Crippen LogP contribution in [0, 0.1) is 11.3 Å². The van der Waals surface area contributed by atoms with Gasteiger partial charge in [0.2, 0.25) is 0 Å². The van der Waals surface area contributed by atoms with Crippen LogP contribution in [-0.4, -0.2) is 30.3 Å². The van der Waals surface area contributed by atoms with Gasteiger partial charge in [-0.2, -0.15) is 5.26 Å². The molecule has 1 fully saturated rings. The molecule has 4 nitrogen and oxygen atoms in total. The molecule has 0 aromatic heterocycles. The summed E-state index contributed by atoms with van der Waals surface area (Å²) < 4.78 is 0. The number of nitriles is 1. The molecule has 0 aromatic carbocycles. The summed E-state index contributed by atoms with van der Waals surface area (Å²) in [6, 6.07) is 2.06.